The molecule has 11 rings (SSSR count). The third-order valence-corrected chi connectivity index (χ3v) is 13.5. The normalized spacial score (nSPS) is 11.4. The van der Waals surface area contributed by atoms with Gasteiger partial charge in [-0.3, -0.25) is 0 Å². The van der Waals surface area contributed by atoms with Crippen molar-refractivity contribution in [3.8, 4) is 33.8 Å². The second kappa shape index (κ2) is 20.8. The van der Waals surface area contributed by atoms with Crippen LogP contribution in [0.15, 0.2) is 317 Å². The molecule has 0 aliphatic rings. The number of hydrogen-bond donors (Lipinski definition) is 0. The molecule has 0 fully saturated rings. The molecule has 0 saturated carbocycles. The van der Waals surface area contributed by atoms with E-state index >= 15 is 0 Å². The number of rotatable bonds is 16. The minimum absolute atomic E-state index is 0.795. The Morgan fingerprint density at radius 3 is 1.20 bits per heavy atom. The first kappa shape index (κ1) is 46.5. The average molecular weight is 951 g/mol. The van der Waals surface area contributed by atoms with Crippen molar-refractivity contribution in [3.05, 3.63) is 322 Å². The molecule has 0 atom stereocenters. The van der Waals surface area contributed by atoms with E-state index in [1.807, 2.05) is 24.3 Å². The van der Waals surface area contributed by atoms with Crippen molar-refractivity contribution < 1.29 is 0 Å². The Bertz CT molecular complexity index is 3760. The third-order valence-electron chi connectivity index (χ3n) is 13.5. The van der Waals surface area contributed by atoms with Crippen LogP contribution >= 0.6 is 0 Å². The molecular weight excluding hydrogens is 897 g/mol. The number of anilines is 6. The fourth-order valence-electron chi connectivity index (χ4n) is 9.77. The van der Waals surface area contributed by atoms with Gasteiger partial charge in [0, 0.05) is 56.3 Å². The standard InChI is InChI=1S/C70H54N4/c1-5-6-22-51(2)52(3)33-34-53(4)67-47-57-49-70-58(50-69(57)73(67)65-43-39-63(40-44-65)71(59-25-14-8-15-26-59)60-27-16-9-17-28-60)48-68(56-37-35-55(36-38-56)54-23-12-7-13-24-54)74(70)66-45-41-64(42-46-66)72(61-29-18-10-19-30-61)62-31-20-11-21-32-62/h5-50H,1-4H2. The molecule has 4 heteroatoms. The highest BCUT2D eigenvalue weighted by Crippen LogP contribution is 2.41. The van der Waals surface area contributed by atoms with Crippen LogP contribution in [0.1, 0.15) is 5.69 Å². The Balaban J connectivity index is 1.07. The maximum Gasteiger partial charge on any atom is 0.0542 e. The molecule has 0 saturated heterocycles. The highest BCUT2D eigenvalue weighted by molar-refractivity contribution is 6.02. The highest BCUT2D eigenvalue weighted by Gasteiger charge is 2.21. The number of benzene rings is 9. The number of allylic oxidation sites excluding steroid dienone is 8. The number of fused-ring (bicyclic) bond motifs is 2. The van der Waals surface area contributed by atoms with Gasteiger partial charge in [0.25, 0.3) is 0 Å². The van der Waals surface area contributed by atoms with Crippen LogP contribution in [0, 0.1) is 0 Å². The molecule has 9 aromatic carbocycles. The summed E-state index contributed by atoms with van der Waals surface area (Å²) in [7, 11) is 0. The van der Waals surface area contributed by atoms with Crippen LogP contribution in [0.5, 0.6) is 0 Å². The van der Waals surface area contributed by atoms with E-state index in [1.54, 1.807) is 6.08 Å². The zero-order valence-corrected chi connectivity index (χ0v) is 41.2. The van der Waals surface area contributed by atoms with Gasteiger partial charge in [-0.1, -0.05) is 184 Å². The van der Waals surface area contributed by atoms with E-state index in [0.717, 1.165) is 101 Å². The minimum atomic E-state index is 0.795. The smallest absolute Gasteiger partial charge is 0.0542 e. The van der Waals surface area contributed by atoms with Crippen molar-refractivity contribution in [2.45, 2.75) is 0 Å². The number of hydrogen-bond acceptors (Lipinski definition) is 2. The minimum Gasteiger partial charge on any atom is -0.311 e. The highest BCUT2D eigenvalue weighted by atomic mass is 15.1. The van der Waals surface area contributed by atoms with Gasteiger partial charge in [0.15, 0.2) is 0 Å². The molecule has 74 heavy (non-hydrogen) atoms. The summed E-state index contributed by atoms with van der Waals surface area (Å²) in [4.78, 5) is 4.58. The van der Waals surface area contributed by atoms with Crippen LogP contribution in [0.3, 0.4) is 0 Å². The molecule has 0 amide bonds. The van der Waals surface area contributed by atoms with Gasteiger partial charge < -0.3 is 18.9 Å². The summed E-state index contributed by atoms with van der Waals surface area (Å²) in [6.07, 6.45) is 9.55. The van der Waals surface area contributed by atoms with Gasteiger partial charge >= 0.3 is 0 Å². The lowest BCUT2D eigenvalue weighted by Crippen LogP contribution is -2.10. The Morgan fingerprint density at radius 1 is 0.351 bits per heavy atom. The summed E-state index contributed by atoms with van der Waals surface area (Å²) in [5, 5.41) is 2.19. The summed E-state index contributed by atoms with van der Waals surface area (Å²) in [5.74, 6) is 0. The Kier molecular flexibility index (Phi) is 13.1. The molecule has 354 valence electrons. The molecule has 0 spiro atoms. The van der Waals surface area contributed by atoms with E-state index < -0.39 is 0 Å². The number of aromatic nitrogens is 2. The third kappa shape index (κ3) is 9.39. The molecule has 0 unspecified atom stereocenters. The van der Waals surface area contributed by atoms with Gasteiger partial charge in [-0.15, -0.1) is 0 Å². The van der Waals surface area contributed by atoms with Crippen molar-refractivity contribution in [3.63, 3.8) is 0 Å². The van der Waals surface area contributed by atoms with E-state index in [9.17, 15) is 0 Å². The Hall–Kier alpha value is -9.90. The summed E-state index contributed by atoms with van der Waals surface area (Å²) in [6.45, 7) is 17.0. The van der Waals surface area contributed by atoms with Crippen LogP contribution in [-0.2, 0) is 0 Å². The van der Waals surface area contributed by atoms with Gasteiger partial charge in [0.1, 0.15) is 0 Å². The number of nitrogens with zero attached hydrogens (tertiary/aromatic N) is 4. The fraction of sp³-hybridized carbons (Fsp3) is 0. The zero-order chi connectivity index (χ0) is 50.4. The Morgan fingerprint density at radius 2 is 0.730 bits per heavy atom. The van der Waals surface area contributed by atoms with Gasteiger partial charge in [0.05, 0.1) is 22.4 Å². The molecule has 11 aromatic rings. The summed E-state index contributed by atoms with van der Waals surface area (Å²) in [5.41, 5.74) is 18.7. The van der Waals surface area contributed by atoms with Crippen molar-refractivity contribution in [1.82, 2.24) is 9.13 Å². The van der Waals surface area contributed by atoms with E-state index in [0.29, 0.717) is 0 Å². The summed E-state index contributed by atoms with van der Waals surface area (Å²) in [6, 6.07) is 88.6. The molecular formula is C70H54N4. The van der Waals surface area contributed by atoms with E-state index in [4.69, 9.17) is 0 Å². The lowest BCUT2D eigenvalue weighted by atomic mass is 10.0. The quantitative estimate of drug-likeness (QED) is 0.0898. The van der Waals surface area contributed by atoms with Crippen LogP contribution in [-0.4, -0.2) is 9.13 Å². The lowest BCUT2D eigenvalue weighted by molar-refractivity contribution is 1.10. The maximum atomic E-state index is 4.67. The first-order chi connectivity index (χ1) is 36.4. The van der Waals surface area contributed by atoms with Crippen LogP contribution < -0.4 is 9.80 Å². The molecule has 0 bridgehead atoms. The second-order valence-electron chi connectivity index (χ2n) is 18.2. The van der Waals surface area contributed by atoms with Gasteiger partial charge in [-0.25, -0.2) is 0 Å². The monoisotopic (exact) mass is 950 g/mol. The van der Waals surface area contributed by atoms with Gasteiger partial charge in [-0.05, 0) is 155 Å². The SMILES string of the molecule is C=CC=CC(=C)C(=C)C=CC(=C)c1cc2cc3c(cc(-c4ccc(-c5ccccc5)cc4)n3-c3ccc(N(c4ccccc4)c4ccccc4)cc3)cc2n1-c1ccc(N(c2ccccc2)c2ccccc2)cc1. The van der Waals surface area contributed by atoms with Crippen LogP contribution in [0.25, 0.3) is 61.1 Å². The average Bonchev–Trinajstić information content (AvgIpc) is 4.04. The summed E-state index contributed by atoms with van der Waals surface area (Å²) >= 11 is 0. The van der Waals surface area contributed by atoms with E-state index in [1.165, 1.54) is 11.1 Å². The molecule has 0 aliphatic heterocycles. The largest absolute Gasteiger partial charge is 0.311 e. The maximum absolute atomic E-state index is 4.67. The molecule has 0 N–H and O–H groups in total. The zero-order valence-electron chi connectivity index (χ0n) is 41.2. The van der Waals surface area contributed by atoms with Crippen molar-refractivity contribution in [2.75, 3.05) is 9.80 Å². The van der Waals surface area contributed by atoms with Gasteiger partial charge in [-0.2, -0.15) is 0 Å². The molecule has 2 heterocycles. The lowest BCUT2D eigenvalue weighted by Gasteiger charge is -2.25. The van der Waals surface area contributed by atoms with Crippen molar-refractivity contribution in [1.29, 1.82) is 0 Å². The van der Waals surface area contributed by atoms with Crippen LogP contribution in [0.2, 0.25) is 0 Å². The topological polar surface area (TPSA) is 16.3 Å². The van der Waals surface area contributed by atoms with Crippen molar-refractivity contribution in [2.24, 2.45) is 0 Å². The van der Waals surface area contributed by atoms with Crippen LogP contribution in [0.4, 0.5) is 34.1 Å². The first-order valence-corrected chi connectivity index (χ1v) is 24.8. The molecule has 0 radical (unpaired) electrons. The second-order valence-corrected chi connectivity index (χ2v) is 18.2. The fourth-order valence-corrected chi connectivity index (χ4v) is 9.77. The van der Waals surface area contributed by atoms with Gasteiger partial charge in [0.2, 0.25) is 0 Å². The predicted molar refractivity (Wildman–Crippen MR) is 316 cm³/mol. The summed E-state index contributed by atoms with van der Waals surface area (Å²) < 4.78 is 4.73. The Labute approximate surface area is 434 Å². The first-order valence-electron chi connectivity index (χ1n) is 24.8. The molecule has 2 aromatic heterocycles. The van der Waals surface area contributed by atoms with Crippen molar-refractivity contribution >= 4 is 61.5 Å². The molecule has 0 aliphatic carbocycles. The predicted octanol–water partition coefficient (Wildman–Crippen LogP) is 19.3. The van der Waals surface area contributed by atoms with E-state index in [2.05, 4.69) is 294 Å². The number of para-hydroxylation sites is 4. The van der Waals surface area contributed by atoms with E-state index in [-0.39, 0.29) is 0 Å². The molecule has 4 nitrogen and oxygen atoms in total.